The predicted octanol–water partition coefficient (Wildman–Crippen LogP) is 1.37. The highest BCUT2D eigenvalue weighted by Crippen LogP contribution is 2.14. The molecule has 1 aromatic carbocycles. The summed E-state index contributed by atoms with van der Waals surface area (Å²) in [6, 6.07) is 7.39. The Balaban J connectivity index is 2.89. The second-order valence-corrected chi connectivity index (χ2v) is 6.32. The number of esters is 1. The molecule has 0 saturated carbocycles. The number of hydrogen-bond donors (Lipinski definition) is 2. The van der Waals surface area contributed by atoms with Gasteiger partial charge in [-0.1, -0.05) is 0 Å². The van der Waals surface area contributed by atoms with Crippen LogP contribution in [-0.4, -0.2) is 27.5 Å². The zero-order valence-corrected chi connectivity index (χ0v) is 13.3. The van der Waals surface area contributed by atoms with Crippen molar-refractivity contribution in [1.29, 1.82) is 5.26 Å². The summed E-state index contributed by atoms with van der Waals surface area (Å²) in [6.45, 7) is 3.46. The minimum absolute atomic E-state index is 0.129. The molecule has 0 aliphatic heterocycles. The zero-order valence-electron chi connectivity index (χ0n) is 12.5. The highest BCUT2D eigenvalue weighted by molar-refractivity contribution is 7.89. The van der Waals surface area contributed by atoms with E-state index in [0.29, 0.717) is 5.69 Å². The number of ether oxygens (including phenoxy) is 1. The molecule has 2 N–H and O–H groups in total. The van der Waals surface area contributed by atoms with Crippen molar-refractivity contribution in [3.63, 3.8) is 0 Å². The standard InChI is InChI=1S/C14H17N3O4S/c1-10(2)17-22(19,20)13-6-4-12(5-7-13)16-9-11(8-15)14(18)21-3/h4-7,9-10,16-17H,1-3H3/b11-9+. The van der Waals surface area contributed by atoms with Crippen molar-refractivity contribution in [3.05, 3.63) is 36.0 Å². The molecule has 7 nitrogen and oxygen atoms in total. The first-order chi connectivity index (χ1) is 10.3. The smallest absolute Gasteiger partial charge is 0.350 e. The molecule has 0 spiro atoms. The van der Waals surface area contributed by atoms with Gasteiger partial charge in [0.1, 0.15) is 6.07 Å². The van der Waals surface area contributed by atoms with Gasteiger partial charge in [-0.15, -0.1) is 0 Å². The van der Waals surface area contributed by atoms with Gasteiger partial charge in [-0.25, -0.2) is 17.9 Å². The van der Waals surface area contributed by atoms with Gasteiger partial charge in [-0.2, -0.15) is 5.26 Å². The van der Waals surface area contributed by atoms with Crippen molar-refractivity contribution < 1.29 is 17.9 Å². The fraction of sp³-hybridized carbons (Fsp3) is 0.286. The number of hydrogen-bond acceptors (Lipinski definition) is 6. The molecule has 0 heterocycles. The number of sulfonamides is 1. The molecular formula is C14H17N3O4S. The Bertz CT molecular complexity index is 701. The number of benzene rings is 1. The van der Waals surface area contributed by atoms with Gasteiger partial charge < -0.3 is 10.1 Å². The lowest BCUT2D eigenvalue weighted by molar-refractivity contribution is -0.135. The van der Waals surface area contributed by atoms with Gasteiger partial charge >= 0.3 is 5.97 Å². The summed E-state index contributed by atoms with van der Waals surface area (Å²) >= 11 is 0. The molecule has 0 amide bonds. The van der Waals surface area contributed by atoms with Crippen LogP contribution in [0.1, 0.15) is 13.8 Å². The predicted molar refractivity (Wildman–Crippen MR) is 81.2 cm³/mol. The van der Waals surface area contributed by atoms with Gasteiger partial charge in [0.05, 0.1) is 12.0 Å². The topological polar surface area (TPSA) is 108 Å². The summed E-state index contributed by atoms with van der Waals surface area (Å²) in [5, 5.41) is 11.5. The van der Waals surface area contributed by atoms with Gasteiger partial charge in [0.25, 0.3) is 0 Å². The minimum atomic E-state index is -3.55. The Morgan fingerprint density at radius 2 is 1.91 bits per heavy atom. The molecule has 0 fully saturated rings. The molecule has 0 aliphatic carbocycles. The van der Waals surface area contributed by atoms with E-state index in [1.54, 1.807) is 19.9 Å². The minimum Gasteiger partial charge on any atom is -0.465 e. The fourth-order valence-electron chi connectivity index (χ4n) is 1.51. The van der Waals surface area contributed by atoms with Crippen LogP contribution in [0.3, 0.4) is 0 Å². The van der Waals surface area contributed by atoms with Crippen LogP contribution >= 0.6 is 0 Å². The molecule has 0 aliphatic rings. The summed E-state index contributed by atoms with van der Waals surface area (Å²) in [4.78, 5) is 11.3. The molecular weight excluding hydrogens is 306 g/mol. The van der Waals surface area contributed by atoms with Crippen LogP contribution < -0.4 is 10.0 Å². The van der Waals surface area contributed by atoms with Crippen molar-refractivity contribution in [2.45, 2.75) is 24.8 Å². The second kappa shape index (κ2) is 7.59. The van der Waals surface area contributed by atoms with Crippen molar-refractivity contribution in [1.82, 2.24) is 4.72 Å². The normalized spacial score (nSPS) is 11.9. The van der Waals surface area contributed by atoms with E-state index < -0.39 is 16.0 Å². The number of methoxy groups -OCH3 is 1. The van der Waals surface area contributed by atoms with Gasteiger partial charge in [-0.05, 0) is 38.1 Å². The number of nitrogens with one attached hydrogen (secondary N) is 2. The molecule has 0 radical (unpaired) electrons. The average molecular weight is 323 g/mol. The van der Waals surface area contributed by atoms with Crippen molar-refractivity contribution in [2.24, 2.45) is 0 Å². The van der Waals surface area contributed by atoms with Crippen LogP contribution in [0.2, 0.25) is 0 Å². The summed E-state index contributed by atoms with van der Waals surface area (Å²) < 4.78 is 30.8. The zero-order chi connectivity index (χ0) is 16.8. The molecule has 0 aromatic heterocycles. The van der Waals surface area contributed by atoms with Gasteiger partial charge in [0.15, 0.2) is 5.57 Å². The molecule has 0 saturated heterocycles. The van der Waals surface area contributed by atoms with Gasteiger partial charge in [0, 0.05) is 17.9 Å². The average Bonchev–Trinajstić information content (AvgIpc) is 2.46. The second-order valence-electron chi connectivity index (χ2n) is 4.61. The molecule has 0 bridgehead atoms. The van der Waals surface area contributed by atoms with Crippen LogP contribution in [0.5, 0.6) is 0 Å². The van der Waals surface area contributed by atoms with E-state index in [4.69, 9.17) is 5.26 Å². The monoisotopic (exact) mass is 323 g/mol. The van der Waals surface area contributed by atoms with Crippen molar-refractivity contribution in [2.75, 3.05) is 12.4 Å². The maximum atomic E-state index is 11.9. The van der Waals surface area contributed by atoms with Crippen LogP contribution in [0.15, 0.2) is 40.9 Å². The Morgan fingerprint density at radius 1 is 1.32 bits per heavy atom. The van der Waals surface area contributed by atoms with E-state index in [2.05, 4.69) is 14.8 Å². The first-order valence-electron chi connectivity index (χ1n) is 6.37. The SMILES string of the molecule is COC(=O)/C(C#N)=C/Nc1ccc(S(=O)(=O)NC(C)C)cc1. The Hall–Kier alpha value is -2.37. The molecule has 1 rings (SSSR count). The van der Waals surface area contributed by atoms with Crippen molar-refractivity contribution in [3.8, 4) is 6.07 Å². The third kappa shape index (κ3) is 4.87. The van der Waals surface area contributed by atoms with E-state index in [9.17, 15) is 13.2 Å². The molecule has 8 heteroatoms. The summed E-state index contributed by atoms with van der Waals surface area (Å²) in [5.74, 6) is -0.754. The first-order valence-corrected chi connectivity index (χ1v) is 7.86. The van der Waals surface area contributed by atoms with Crippen LogP contribution in [0, 0.1) is 11.3 Å². The summed E-state index contributed by atoms with van der Waals surface area (Å²) in [7, 11) is -2.37. The van der Waals surface area contributed by atoms with E-state index in [1.807, 2.05) is 0 Å². The summed E-state index contributed by atoms with van der Waals surface area (Å²) in [6.07, 6.45) is 1.20. The largest absolute Gasteiger partial charge is 0.465 e. The first kappa shape index (κ1) is 17.7. The molecule has 1 aromatic rings. The number of anilines is 1. The fourth-order valence-corrected chi connectivity index (χ4v) is 2.76. The number of carbonyl (C=O) groups excluding carboxylic acids is 1. The maximum absolute atomic E-state index is 11.9. The lowest BCUT2D eigenvalue weighted by atomic mass is 10.3. The van der Waals surface area contributed by atoms with Gasteiger partial charge in [0.2, 0.25) is 10.0 Å². The number of rotatable bonds is 6. The third-order valence-electron chi connectivity index (χ3n) is 2.46. The summed E-state index contributed by atoms with van der Waals surface area (Å²) in [5.41, 5.74) is 0.334. The molecule has 0 atom stereocenters. The van der Waals surface area contributed by atoms with E-state index in [0.717, 1.165) is 0 Å². The van der Waals surface area contributed by atoms with E-state index in [-0.39, 0.29) is 16.5 Å². The number of nitriles is 1. The number of carbonyl (C=O) groups is 1. The Kier molecular flexibility index (Phi) is 6.10. The number of nitrogens with zero attached hydrogens (tertiary/aromatic N) is 1. The van der Waals surface area contributed by atoms with Gasteiger partial charge in [-0.3, -0.25) is 0 Å². The molecule has 22 heavy (non-hydrogen) atoms. The highest BCUT2D eigenvalue weighted by atomic mass is 32.2. The van der Waals surface area contributed by atoms with Crippen LogP contribution in [0.4, 0.5) is 5.69 Å². The van der Waals surface area contributed by atoms with Crippen molar-refractivity contribution >= 4 is 21.7 Å². The van der Waals surface area contributed by atoms with E-state index >= 15 is 0 Å². The third-order valence-corrected chi connectivity index (χ3v) is 4.14. The quantitative estimate of drug-likeness (QED) is 0.465. The van der Waals surface area contributed by atoms with Crippen LogP contribution in [-0.2, 0) is 19.6 Å². The molecule has 0 unspecified atom stereocenters. The molecule has 118 valence electrons. The van der Waals surface area contributed by atoms with E-state index in [1.165, 1.54) is 37.6 Å². The highest BCUT2D eigenvalue weighted by Gasteiger charge is 2.14. The Labute approximate surface area is 129 Å². The lowest BCUT2D eigenvalue weighted by Crippen LogP contribution is -2.30. The lowest BCUT2D eigenvalue weighted by Gasteiger charge is -2.10. The Morgan fingerprint density at radius 3 is 2.36 bits per heavy atom. The van der Waals surface area contributed by atoms with Crippen LogP contribution in [0.25, 0.3) is 0 Å². The maximum Gasteiger partial charge on any atom is 0.350 e.